The van der Waals surface area contributed by atoms with E-state index in [9.17, 15) is 14.4 Å². The van der Waals surface area contributed by atoms with E-state index in [-0.39, 0.29) is 25.2 Å². The van der Waals surface area contributed by atoms with Crippen LogP contribution in [0.5, 0.6) is 0 Å². The van der Waals surface area contributed by atoms with Gasteiger partial charge in [0, 0.05) is 12.8 Å². The Hall–Kier alpha value is -2.17. The molecule has 1 aromatic carbocycles. The molecule has 0 bridgehead atoms. The van der Waals surface area contributed by atoms with Crippen LogP contribution in [0.3, 0.4) is 0 Å². The third kappa shape index (κ3) is 3.23. The summed E-state index contributed by atoms with van der Waals surface area (Å²) < 4.78 is 9.81. The molecule has 1 aliphatic rings. The number of hydrogen-bond donors (Lipinski definition) is 0. The highest BCUT2D eigenvalue weighted by atomic mass is 16.5. The maximum Gasteiger partial charge on any atom is 0.310 e. The van der Waals surface area contributed by atoms with Gasteiger partial charge in [0.25, 0.3) is 0 Å². The summed E-state index contributed by atoms with van der Waals surface area (Å²) >= 11 is 0. The van der Waals surface area contributed by atoms with Gasteiger partial charge in [-0.3, -0.25) is 14.4 Å². The Morgan fingerprint density at radius 3 is 2.30 bits per heavy atom. The smallest absolute Gasteiger partial charge is 0.310 e. The van der Waals surface area contributed by atoms with Gasteiger partial charge in [0.1, 0.15) is 12.4 Å². The summed E-state index contributed by atoms with van der Waals surface area (Å²) in [4.78, 5) is 35.0. The number of ketones is 1. The van der Waals surface area contributed by atoms with Crippen LogP contribution in [0.1, 0.15) is 18.4 Å². The van der Waals surface area contributed by atoms with Crippen molar-refractivity contribution < 1.29 is 23.9 Å². The SMILES string of the molecule is COC(=O)[C@@H]1CC(=O)C[C@H]1C(=O)OCc1ccccc1. The Balaban J connectivity index is 1.97. The monoisotopic (exact) mass is 276 g/mol. The highest BCUT2D eigenvalue weighted by Crippen LogP contribution is 2.31. The number of carbonyl (C=O) groups excluding carboxylic acids is 3. The molecule has 1 aliphatic carbocycles. The predicted octanol–water partition coefficient (Wildman–Crippen LogP) is 1.50. The molecule has 1 fully saturated rings. The lowest BCUT2D eigenvalue weighted by Crippen LogP contribution is -2.27. The molecule has 0 unspecified atom stereocenters. The van der Waals surface area contributed by atoms with E-state index >= 15 is 0 Å². The Kier molecular flexibility index (Phi) is 4.50. The maximum atomic E-state index is 12.0. The molecule has 0 aliphatic heterocycles. The van der Waals surface area contributed by atoms with E-state index < -0.39 is 23.8 Å². The molecule has 0 amide bonds. The fraction of sp³-hybridized carbons (Fsp3) is 0.400. The van der Waals surface area contributed by atoms with Crippen molar-refractivity contribution in [1.82, 2.24) is 0 Å². The first-order valence-corrected chi connectivity index (χ1v) is 6.42. The van der Waals surface area contributed by atoms with Crippen LogP contribution in [0.2, 0.25) is 0 Å². The number of rotatable bonds is 4. The zero-order valence-electron chi connectivity index (χ0n) is 11.2. The highest BCUT2D eigenvalue weighted by Gasteiger charge is 2.43. The summed E-state index contributed by atoms with van der Waals surface area (Å²) in [6, 6.07) is 9.24. The molecular formula is C15H16O5. The van der Waals surface area contributed by atoms with Gasteiger partial charge in [-0.2, -0.15) is 0 Å². The van der Waals surface area contributed by atoms with Crippen molar-refractivity contribution in [2.45, 2.75) is 19.4 Å². The van der Waals surface area contributed by atoms with Crippen LogP contribution in [0.25, 0.3) is 0 Å². The van der Waals surface area contributed by atoms with Gasteiger partial charge in [0.15, 0.2) is 0 Å². The first kappa shape index (κ1) is 14.2. The number of esters is 2. The maximum absolute atomic E-state index is 12.0. The van der Waals surface area contributed by atoms with E-state index in [2.05, 4.69) is 4.74 Å². The van der Waals surface area contributed by atoms with Crippen LogP contribution >= 0.6 is 0 Å². The van der Waals surface area contributed by atoms with Crippen molar-refractivity contribution >= 4 is 17.7 Å². The van der Waals surface area contributed by atoms with Crippen molar-refractivity contribution in [3.63, 3.8) is 0 Å². The molecule has 5 heteroatoms. The van der Waals surface area contributed by atoms with E-state index in [0.29, 0.717) is 0 Å². The average molecular weight is 276 g/mol. The van der Waals surface area contributed by atoms with Crippen molar-refractivity contribution in [3.05, 3.63) is 35.9 Å². The fourth-order valence-corrected chi connectivity index (χ4v) is 2.34. The Bertz CT molecular complexity index is 508. The van der Waals surface area contributed by atoms with Crippen LogP contribution in [-0.2, 0) is 30.5 Å². The van der Waals surface area contributed by atoms with E-state index in [1.807, 2.05) is 30.3 Å². The van der Waals surface area contributed by atoms with Crippen LogP contribution in [-0.4, -0.2) is 24.8 Å². The molecule has 2 rings (SSSR count). The number of Topliss-reactive ketones (excluding diaryl/α,β-unsaturated/α-hetero) is 1. The predicted molar refractivity (Wildman–Crippen MR) is 69.5 cm³/mol. The second-order valence-corrected chi connectivity index (χ2v) is 4.78. The van der Waals surface area contributed by atoms with Crippen molar-refractivity contribution in [1.29, 1.82) is 0 Å². The van der Waals surface area contributed by atoms with Gasteiger partial charge >= 0.3 is 11.9 Å². The second-order valence-electron chi connectivity index (χ2n) is 4.78. The van der Waals surface area contributed by atoms with Gasteiger partial charge in [-0.1, -0.05) is 30.3 Å². The minimum absolute atomic E-state index is 0.0490. The zero-order valence-corrected chi connectivity index (χ0v) is 11.2. The molecule has 1 saturated carbocycles. The molecule has 20 heavy (non-hydrogen) atoms. The summed E-state index contributed by atoms with van der Waals surface area (Å²) in [7, 11) is 1.25. The van der Waals surface area contributed by atoms with Crippen LogP contribution < -0.4 is 0 Å². The standard InChI is InChI=1S/C15H16O5/c1-19-14(17)12-7-11(16)8-13(12)15(18)20-9-10-5-3-2-4-6-10/h2-6,12-13H,7-9H2,1H3/t12-,13-/m1/s1. The highest BCUT2D eigenvalue weighted by molar-refractivity contribution is 5.95. The van der Waals surface area contributed by atoms with E-state index in [4.69, 9.17) is 4.74 Å². The molecule has 106 valence electrons. The average Bonchev–Trinajstić information content (AvgIpc) is 2.87. The zero-order chi connectivity index (χ0) is 14.5. The second kappa shape index (κ2) is 6.32. The summed E-state index contributed by atoms with van der Waals surface area (Å²) in [6.07, 6.45) is 0.102. The number of carbonyl (C=O) groups is 3. The topological polar surface area (TPSA) is 69.7 Å². The molecule has 5 nitrogen and oxygen atoms in total. The number of ether oxygens (including phenoxy) is 2. The van der Waals surface area contributed by atoms with E-state index in [1.54, 1.807) is 0 Å². The Morgan fingerprint density at radius 1 is 1.10 bits per heavy atom. The number of hydrogen-bond acceptors (Lipinski definition) is 5. The summed E-state index contributed by atoms with van der Waals surface area (Å²) in [6.45, 7) is 0.137. The molecule has 0 radical (unpaired) electrons. The third-order valence-electron chi connectivity index (χ3n) is 3.41. The summed E-state index contributed by atoms with van der Waals surface area (Å²) in [5.41, 5.74) is 0.861. The molecule has 0 spiro atoms. The molecule has 0 saturated heterocycles. The molecule has 1 aromatic rings. The quantitative estimate of drug-likeness (QED) is 0.779. The molecule has 2 atom stereocenters. The third-order valence-corrected chi connectivity index (χ3v) is 3.41. The Labute approximate surface area is 116 Å². The first-order chi connectivity index (χ1) is 9.61. The minimum atomic E-state index is -0.723. The largest absolute Gasteiger partial charge is 0.469 e. The van der Waals surface area contributed by atoms with Gasteiger partial charge in [-0.05, 0) is 5.56 Å². The normalized spacial score (nSPS) is 21.6. The Morgan fingerprint density at radius 2 is 1.70 bits per heavy atom. The van der Waals surface area contributed by atoms with Crippen molar-refractivity contribution in [3.8, 4) is 0 Å². The molecule has 0 aromatic heterocycles. The fourth-order valence-electron chi connectivity index (χ4n) is 2.34. The molecule has 0 heterocycles. The number of benzene rings is 1. The van der Waals surface area contributed by atoms with Gasteiger partial charge in [-0.15, -0.1) is 0 Å². The lowest BCUT2D eigenvalue weighted by atomic mass is 9.96. The van der Waals surface area contributed by atoms with Gasteiger partial charge in [0.05, 0.1) is 18.9 Å². The van der Waals surface area contributed by atoms with Crippen LogP contribution in [0.15, 0.2) is 30.3 Å². The summed E-state index contributed by atoms with van der Waals surface area (Å²) in [5, 5.41) is 0. The van der Waals surface area contributed by atoms with Gasteiger partial charge in [0.2, 0.25) is 0 Å². The van der Waals surface area contributed by atoms with Crippen LogP contribution in [0, 0.1) is 11.8 Å². The van der Waals surface area contributed by atoms with Crippen molar-refractivity contribution in [2.24, 2.45) is 11.8 Å². The summed E-state index contributed by atoms with van der Waals surface area (Å²) in [5.74, 6) is -2.59. The van der Waals surface area contributed by atoms with E-state index in [0.717, 1.165) is 5.56 Å². The molecule has 0 N–H and O–H groups in total. The van der Waals surface area contributed by atoms with Gasteiger partial charge in [-0.25, -0.2) is 0 Å². The lowest BCUT2D eigenvalue weighted by molar-refractivity contribution is -0.158. The van der Waals surface area contributed by atoms with E-state index in [1.165, 1.54) is 7.11 Å². The lowest BCUT2D eigenvalue weighted by Gasteiger charge is -2.15. The van der Waals surface area contributed by atoms with Gasteiger partial charge < -0.3 is 9.47 Å². The first-order valence-electron chi connectivity index (χ1n) is 6.42. The number of methoxy groups -OCH3 is 1. The molecular weight excluding hydrogens is 260 g/mol. The van der Waals surface area contributed by atoms with Crippen LogP contribution in [0.4, 0.5) is 0 Å². The van der Waals surface area contributed by atoms with Crippen molar-refractivity contribution in [2.75, 3.05) is 7.11 Å². The minimum Gasteiger partial charge on any atom is -0.469 e.